The Kier molecular flexibility index (Phi) is 5.42. The largest absolute Gasteiger partial charge is 0.450 e. The van der Waals surface area contributed by atoms with E-state index >= 15 is 0 Å². The molecular formula is C34H28O6. The second kappa shape index (κ2) is 8.70. The molecule has 2 aliphatic heterocycles. The summed E-state index contributed by atoms with van der Waals surface area (Å²) in [5.41, 5.74) is -6.12. The normalized spacial score (nSPS) is 34.4. The first-order valence-electron chi connectivity index (χ1n) is 13.5. The molecule has 4 aromatic carbocycles. The van der Waals surface area contributed by atoms with E-state index in [1.807, 2.05) is 66.7 Å². The quantitative estimate of drug-likeness (QED) is 0.370. The molecule has 1 aliphatic carbocycles. The molecular weight excluding hydrogens is 504 g/mol. The van der Waals surface area contributed by atoms with E-state index < -0.39 is 46.2 Å². The Labute approximate surface area is 231 Å². The highest BCUT2D eigenvalue weighted by Gasteiger charge is 2.95. The van der Waals surface area contributed by atoms with Crippen molar-refractivity contribution < 1.29 is 29.3 Å². The maximum Gasteiger partial charge on any atom is 0.342 e. The minimum atomic E-state index is -2.38. The Morgan fingerprint density at radius 2 is 1.23 bits per heavy atom. The van der Waals surface area contributed by atoms with Crippen molar-refractivity contribution in [3.63, 3.8) is 0 Å². The molecule has 6 heteroatoms. The third kappa shape index (κ3) is 2.93. The van der Waals surface area contributed by atoms with E-state index in [1.165, 1.54) is 0 Å². The van der Waals surface area contributed by atoms with Gasteiger partial charge in [-0.1, -0.05) is 121 Å². The average Bonchev–Trinajstić information content (AvgIpc) is 3.14. The summed E-state index contributed by atoms with van der Waals surface area (Å²) in [5.74, 6) is -2.14. The van der Waals surface area contributed by atoms with Crippen molar-refractivity contribution in [3.05, 3.63) is 144 Å². The summed E-state index contributed by atoms with van der Waals surface area (Å²) in [6.45, 7) is 0. The van der Waals surface area contributed by atoms with Crippen molar-refractivity contribution in [3.8, 4) is 0 Å². The lowest BCUT2D eigenvalue weighted by Crippen LogP contribution is -2.88. The molecule has 6 nitrogen and oxygen atoms in total. The number of carbonyl (C=O) groups excluding carboxylic acids is 2. The first-order chi connectivity index (χ1) is 19.4. The lowest BCUT2D eigenvalue weighted by molar-refractivity contribution is -0.418. The molecule has 6 atom stereocenters. The zero-order valence-electron chi connectivity index (χ0n) is 21.6. The maximum atomic E-state index is 14.3. The Morgan fingerprint density at radius 3 is 1.82 bits per heavy atom. The number of rotatable bonds is 5. The second-order valence-corrected chi connectivity index (χ2v) is 11.0. The van der Waals surface area contributed by atoms with Crippen molar-refractivity contribution >= 4 is 11.8 Å². The van der Waals surface area contributed by atoms with E-state index in [1.54, 1.807) is 54.6 Å². The van der Waals surface area contributed by atoms with E-state index in [0.717, 1.165) is 11.1 Å². The highest BCUT2D eigenvalue weighted by molar-refractivity contribution is 5.99. The lowest BCUT2D eigenvalue weighted by atomic mass is 9.45. The molecule has 2 heterocycles. The van der Waals surface area contributed by atoms with Crippen molar-refractivity contribution in [2.45, 2.75) is 47.3 Å². The van der Waals surface area contributed by atoms with Crippen molar-refractivity contribution in [2.24, 2.45) is 0 Å². The number of ketones is 1. The minimum Gasteiger partial charge on any atom is -0.450 e. The van der Waals surface area contributed by atoms with Gasteiger partial charge in [-0.3, -0.25) is 4.79 Å². The van der Waals surface area contributed by atoms with E-state index in [9.17, 15) is 19.8 Å². The summed E-state index contributed by atoms with van der Waals surface area (Å²) in [4.78, 5) is 28.4. The van der Waals surface area contributed by atoms with E-state index in [2.05, 4.69) is 0 Å². The van der Waals surface area contributed by atoms with Gasteiger partial charge in [0.05, 0.1) is 0 Å². The molecule has 1 saturated carbocycles. The summed E-state index contributed by atoms with van der Waals surface area (Å²) in [6.07, 6.45) is -1.16. The Hall–Kier alpha value is -4.10. The first kappa shape index (κ1) is 24.9. The van der Waals surface area contributed by atoms with Gasteiger partial charge < -0.3 is 19.7 Å². The molecule has 0 aromatic heterocycles. The van der Waals surface area contributed by atoms with Gasteiger partial charge in [0, 0.05) is 18.8 Å². The van der Waals surface area contributed by atoms with Crippen LogP contribution in [0.25, 0.3) is 0 Å². The van der Waals surface area contributed by atoms with Crippen LogP contribution in [0.5, 0.6) is 0 Å². The Bertz CT molecular complexity index is 1580. The number of Topliss-reactive ketones (excluding diaryl/α,β-unsaturated/α-hetero) is 1. The van der Waals surface area contributed by atoms with Crippen LogP contribution in [0.4, 0.5) is 0 Å². The molecule has 40 heavy (non-hydrogen) atoms. The summed E-state index contributed by atoms with van der Waals surface area (Å²) in [7, 11) is 0. The molecule has 3 aliphatic rings. The van der Waals surface area contributed by atoms with Gasteiger partial charge >= 0.3 is 5.97 Å². The maximum absolute atomic E-state index is 14.3. The molecule has 2 saturated heterocycles. The van der Waals surface area contributed by atoms with Gasteiger partial charge in [-0.2, -0.15) is 0 Å². The summed E-state index contributed by atoms with van der Waals surface area (Å²) in [5, 5.41) is 25.4. The minimum absolute atomic E-state index is 0.113. The molecule has 0 spiro atoms. The highest BCUT2D eigenvalue weighted by atomic mass is 16.7. The predicted molar refractivity (Wildman–Crippen MR) is 146 cm³/mol. The Morgan fingerprint density at radius 1 is 0.700 bits per heavy atom. The van der Waals surface area contributed by atoms with Gasteiger partial charge in [-0.25, -0.2) is 4.79 Å². The van der Waals surface area contributed by atoms with Gasteiger partial charge in [0.1, 0.15) is 6.10 Å². The summed E-state index contributed by atoms with van der Waals surface area (Å²) in [6, 6.07) is 36.2. The van der Waals surface area contributed by atoms with E-state index in [4.69, 9.17) is 9.47 Å². The van der Waals surface area contributed by atoms with Gasteiger partial charge in [-0.05, 0) is 22.3 Å². The summed E-state index contributed by atoms with van der Waals surface area (Å²) >= 11 is 0. The molecule has 2 N–H and O–H groups in total. The van der Waals surface area contributed by atoms with Crippen molar-refractivity contribution in [1.82, 2.24) is 0 Å². The van der Waals surface area contributed by atoms with Crippen LogP contribution in [0, 0.1) is 0 Å². The fourth-order valence-electron chi connectivity index (χ4n) is 7.38. The van der Waals surface area contributed by atoms with Gasteiger partial charge in [0.2, 0.25) is 5.60 Å². The van der Waals surface area contributed by atoms with E-state index in [0.29, 0.717) is 5.56 Å². The molecule has 0 bridgehead atoms. The molecule has 200 valence electrons. The number of carbonyl (C=O) groups is 2. The van der Waals surface area contributed by atoms with Crippen LogP contribution >= 0.6 is 0 Å². The van der Waals surface area contributed by atoms with Crippen LogP contribution in [-0.4, -0.2) is 38.8 Å². The van der Waals surface area contributed by atoms with Crippen LogP contribution in [0.1, 0.15) is 40.7 Å². The van der Waals surface area contributed by atoms with Crippen LogP contribution < -0.4 is 0 Å². The zero-order valence-corrected chi connectivity index (χ0v) is 21.6. The summed E-state index contributed by atoms with van der Waals surface area (Å²) < 4.78 is 13.1. The predicted octanol–water partition coefficient (Wildman–Crippen LogP) is 4.41. The third-order valence-electron chi connectivity index (χ3n) is 9.03. The average molecular weight is 533 g/mol. The van der Waals surface area contributed by atoms with Gasteiger partial charge in [0.25, 0.3) is 0 Å². The van der Waals surface area contributed by atoms with Gasteiger partial charge in [-0.15, -0.1) is 0 Å². The molecule has 7 rings (SSSR count). The molecule has 3 fully saturated rings. The van der Waals surface area contributed by atoms with Crippen LogP contribution in [0.3, 0.4) is 0 Å². The molecule has 0 radical (unpaired) electrons. The SMILES string of the molecule is O=C1C[C@@H](c2ccccc2)[C@]23OC(=O)[C@@](O)(Cc4ccccc4)[C@]2(O[C@H]3c2ccccc2)[C@]1(O)c1ccccc1. The molecule has 0 amide bonds. The highest BCUT2D eigenvalue weighted by Crippen LogP contribution is 2.76. The topological polar surface area (TPSA) is 93.1 Å². The monoisotopic (exact) mass is 532 g/mol. The van der Waals surface area contributed by atoms with Crippen LogP contribution in [-0.2, 0) is 31.1 Å². The number of aliphatic hydroxyl groups is 2. The fraction of sp³-hybridized carbons (Fsp3) is 0.235. The Balaban J connectivity index is 1.54. The second-order valence-electron chi connectivity index (χ2n) is 11.0. The molecule has 4 aromatic rings. The lowest BCUT2D eigenvalue weighted by Gasteiger charge is -2.69. The van der Waals surface area contributed by atoms with Crippen molar-refractivity contribution in [1.29, 1.82) is 0 Å². The standard InChI is InChI=1S/C34H28O6/c35-28-21-27(24-15-7-2-8-16-24)33-29(25-17-9-3-10-18-25)39-34(33,32(28,38)26-19-11-4-12-20-26)31(37,30(36)40-33)22-23-13-5-1-6-14-23/h1-20,27,29,37-38H,21-22H2/t27-,29-,31-,32-,33+,34-/m0/s1. The number of hydrogen-bond acceptors (Lipinski definition) is 6. The molecule has 0 unspecified atom stereocenters. The number of ether oxygens (including phenoxy) is 2. The zero-order chi connectivity index (χ0) is 27.6. The number of hydrogen-bond donors (Lipinski definition) is 2. The van der Waals surface area contributed by atoms with Crippen LogP contribution in [0.15, 0.2) is 121 Å². The van der Waals surface area contributed by atoms with E-state index in [-0.39, 0.29) is 18.4 Å². The number of esters is 1. The van der Waals surface area contributed by atoms with Crippen LogP contribution in [0.2, 0.25) is 0 Å². The fourth-order valence-corrected chi connectivity index (χ4v) is 7.38. The third-order valence-corrected chi connectivity index (χ3v) is 9.03. The van der Waals surface area contributed by atoms with Gasteiger partial charge in [0.15, 0.2) is 22.6 Å². The smallest absolute Gasteiger partial charge is 0.342 e. The van der Waals surface area contributed by atoms with Crippen molar-refractivity contribution in [2.75, 3.05) is 0 Å². The number of benzene rings is 4. The first-order valence-corrected chi connectivity index (χ1v) is 13.5.